The van der Waals surface area contributed by atoms with E-state index in [4.69, 9.17) is 23.9 Å². The highest BCUT2D eigenvalue weighted by Crippen LogP contribution is 2.74. The second-order valence-electron chi connectivity index (χ2n) is 19.5. The minimum Gasteiger partial charge on any atom is -0.491 e. The lowest BCUT2D eigenvalue weighted by molar-refractivity contribution is -0.181. The Morgan fingerprint density at radius 3 is 2.52 bits per heavy atom. The first-order valence-corrected chi connectivity index (χ1v) is 22.9. The molecule has 7 aliphatic rings. The summed E-state index contributed by atoms with van der Waals surface area (Å²) in [5.74, 6) is 1.30. The molecule has 3 aliphatic carbocycles. The lowest BCUT2D eigenvalue weighted by atomic mass is 9.47. The molecule has 340 valence electrons. The molecule has 1 saturated heterocycles. The third kappa shape index (κ3) is 6.75. The number of anilines is 1. The van der Waals surface area contributed by atoms with Crippen molar-refractivity contribution in [2.75, 3.05) is 44.8 Å². The Bertz CT molecular complexity index is 2570. The van der Waals surface area contributed by atoms with Gasteiger partial charge in [-0.05, 0) is 105 Å². The molecule has 13 heteroatoms. The van der Waals surface area contributed by atoms with Crippen molar-refractivity contribution in [1.29, 1.82) is 0 Å². The van der Waals surface area contributed by atoms with Crippen LogP contribution in [0.3, 0.4) is 0 Å². The van der Waals surface area contributed by atoms with Crippen molar-refractivity contribution in [3.05, 3.63) is 87.6 Å². The number of allylic oxidation sites excluding steroid dienone is 4. The van der Waals surface area contributed by atoms with Gasteiger partial charge in [-0.1, -0.05) is 41.5 Å². The highest BCUT2D eigenvalue weighted by atomic mass is 16.6. The van der Waals surface area contributed by atoms with Gasteiger partial charge in [-0.2, -0.15) is 0 Å². The number of carbonyl (C=O) groups is 2. The normalized spacial score (nSPS) is 27.4. The van der Waals surface area contributed by atoms with Crippen LogP contribution < -0.4 is 30.2 Å². The smallest absolute Gasteiger partial charge is 0.246 e. The molecule has 2 aromatic carbocycles. The number of amides is 1. The van der Waals surface area contributed by atoms with Gasteiger partial charge in [-0.25, -0.2) is 4.98 Å². The van der Waals surface area contributed by atoms with Crippen molar-refractivity contribution in [3.8, 4) is 17.2 Å². The van der Waals surface area contributed by atoms with E-state index in [0.29, 0.717) is 61.3 Å². The predicted molar refractivity (Wildman–Crippen MR) is 247 cm³/mol. The van der Waals surface area contributed by atoms with Crippen LogP contribution in [-0.4, -0.2) is 93.3 Å². The lowest BCUT2D eigenvalue weighted by Crippen LogP contribution is -2.75. The summed E-state index contributed by atoms with van der Waals surface area (Å²) < 4.78 is 31.7. The summed E-state index contributed by atoms with van der Waals surface area (Å²) in [6.07, 6.45) is 13.2. The van der Waals surface area contributed by atoms with Crippen molar-refractivity contribution >= 4 is 40.4 Å². The zero-order valence-electron chi connectivity index (χ0n) is 38.4. The van der Waals surface area contributed by atoms with Crippen molar-refractivity contribution in [3.63, 3.8) is 0 Å². The first-order valence-electron chi connectivity index (χ1n) is 22.9. The maximum atomic E-state index is 15.9. The zero-order valence-corrected chi connectivity index (χ0v) is 38.4. The average molecular weight is 874 g/mol. The number of aliphatic hydroxyl groups is 2. The fraction of sp³-hybridized carbons (Fsp3) is 0.510. The van der Waals surface area contributed by atoms with Gasteiger partial charge in [-0.3, -0.25) is 9.59 Å². The Morgan fingerprint density at radius 2 is 1.77 bits per heavy atom. The first kappa shape index (κ1) is 44.0. The molecule has 1 spiro atoms. The van der Waals surface area contributed by atoms with Crippen LogP contribution in [0.25, 0.3) is 22.8 Å². The SMILES string of the molecule is CC(C)=CCCC1(C)C=Cc2c(c(CC=C(C)C)c3c(c2OCCNCCO)C2=C4C(C5CC6C(C)(C)OC(C/C=C(/C)C(=O)NCCO)(C5=O)C46O3)n3c(nc4ccccc43)N2)O1. The molecular formula is C51H63N5O8. The van der Waals surface area contributed by atoms with E-state index in [9.17, 15) is 15.0 Å². The van der Waals surface area contributed by atoms with Crippen molar-refractivity contribution in [2.24, 2.45) is 11.8 Å². The van der Waals surface area contributed by atoms with Crippen LogP contribution >= 0.6 is 0 Å². The molecule has 1 amide bonds. The van der Waals surface area contributed by atoms with Gasteiger partial charge in [0.2, 0.25) is 11.9 Å². The Hall–Kier alpha value is -5.21. The van der Waals surface area contributed by atoms with Gasteiger partial charge in [0, 0.05) is 54.6 Å². The van der Waals surface area contributed by atoms with Gasteiger partial charge >= 0.3 is 0 Å². The highest BCUT2D eigenvalue weighted by Gasteiger charge is 2.84. The number of carbonyl (C=O) groups excluding carboxylic acids is 2. The number of fused-ring (bicyclic) bond motifs is 6. The number of ether oxygens (including phenoxy) is 4. The standard InChI is InChI=1S/C51H63N5O8/c1-29(2)12-11-19-49(8)20-18-33-42(62-49)32(16-15-30(3)4)44-38(43(33)61-27-24-52-22-25-57)40-39-41(56-36-14-10-9-13-35(36)54-47(56)55-40)34-28-37-48(6,7)64-50(45(34)59,51(37,39)63-44)21-17-31(5)46(60)53-23-26-58/h9-10,12-15,17-18,20,34,37,41,52,57-58H,11,16,19,21-28H2,1-8H3,(H,53,60)(H,54,55)/b31-17-. The largest absolute Gasteiger partial charge is 0.491 e. The number of nitrogens with one attached hydrogen (secondary N) is 3. The summed E-state index contributed by atoms with van der Waals surface area (Å²) in [5.41, 5.74) is 4.27. The summed E-state index contributed by atoms with van der Waals surface area (Å²) in [6, 6.07) is 7.56. The van der Waals surface area contributed by atoms with E-state index >= 15 is 4.79 Å². The van der Waals surface area contributed by atoms with Gasteiger partial charge in [-0.15, -0.1) is 0 Å². The molecule has 0 radical (unpaired) electrons. The summed E-state index contributed by atoms with van der Waals surface area (Å²) in [6.45, 7) is 17.5. The van der Waals surface area contributed by atoms with Crippen LogP contribution in [0.4, 0.5) is 5.95 Å². The summed E-state index contributed by atoms with van der Waals surface area (Å²) in [7, 11) is 0. The summed E-state index contributed by atoms with van der Waals surface area (Å²) in [4.78, 5) is 34.3. The molecule has 3 saturated carbocycles. The Labute approximate surface area is 375 Å². The van der Waals surface area contributed by atoms with Crippen LogP contribution in [0.2, 0.25) is 0 Å². The van der Waals surface area contributed by atoms with E-state index in [2.05, 4.69) is 99.4 Å². The van der Waals surface area contributed by atoms with Gasteiger partial charge < -0.3 is 49.7 Å². The second-order valence-corrected chi connectivity index (χ2v) is 19.5. The number of imidazole rings is 1. The lowest BCUT2D eigenvalue weighted by Gasteiger charge is -2.62. The second kappa shape index (κ2) is 16.3. The highest BCUT2D eigenvalue weighted by molar-refractivity contribution is 6.04. The predicted octanol–water partition coefficient (Wildman–Crippen LogP) is 7.14. The number of aliphatic hydroxyl groups excluding tert-OH is 2. The number of hydrogen-bond donors (Lipinski definition) is 5. The molecular weight excluding hydrogens is 811 g/mol. The van der Waals surface area contributed by atoms with Crippen molar-refractivity contribution in [1.82, 2.24) is 20.2 Å². The number of nitrogens with zero attached hydrogens (tertiary/aromatic N) is 2. The van der Waals surface area contributed by atoms with Gasteiger partial charge in [0.25, 0.3) is 0 Å². The van der Waals surface area contributed by atoms with E-state index in [-0.39, 0.29) is 43.8 Å². The molecule has 13 nitrogen and oxygen atoms in total. The molecule has 6 unspecified atom stereocenters. The van der Waals surface area contributed by atoms with Crippen LogP contribution in [0.15, 0.2) is 70.9 Å². The molecule has 10 rings (SSSR count). The minimum atomic E-state index is -1.52. The van der Waals surface area contributed by atoms with Gasteiger partial charge in [0.05, 0.1) is 52.7 Å². The van der Waals surface area contributed by atoms with E-state index in [1.165, 1.54) is 5.57 Å². The van der Waals surface area contributed by atoms with Crippen LogP contribution in [0.5, 0.6) is 17.2 Å². The maximum Gasteiger partial charge on any atom is 0.246 e. The molecule has 64 heavy (non-hydrogen) atoms. The molecule has 4 fully saturated rings. The fourth-order valence-corrected chi connectivity index (χ4v) is 11.3. The van der Waals surface area contributed by atoms with E-state index in [1.807, 2.05) is 18.2 Å². The van der Waals surface area contributed by atoms with E-state index in [1.54, 1.807) is 13.0 Å². The molecule has 4 bridgehead atoms. The molecule has 4 aliphatic heterocycles. The Morgan fingerprint density at radius 1 is 1.00 bits per heavy atom. The van der Waals surface area contributed by atoms with E-state index in [0.717, 1.165) is 57.4 Å². The number of para-hydroxylation sites is 2. The van der Waals surface area contributed by atoms with Crippen LogP contribution in [0, 0.1) is 11.8 Å². The Kier molecular flexibility index (Phi) is 11.2. The molecule has 3 aromatic rings. The number of aromatic nitrogens is 2. The monoisotopic (exact) mass is 873 g/mol. The number of hydrogen-bond acceptors (Lipinski definition) is 11. The van der Waals surface area contributed by atoms with Gasteiger partial charge in [0.15, 0.2) is 17.0 Å². The number of rotatable bonds is 16. The zero-order chi connectivity index (χ0) is 45.3. The molecule has 5 heterocycles. The molecule has 1 aromatic heterocycles. The first-order chi connectivity index (χ1) is 30.6. The topological polar surface area (TPSA) is 165 Å². The summed E-state index contributed by atoms with van der Waals surface area (Å²) >= 11 is 0. The molecule has 5 N–H and O–H groups in total. The van der Waals surface area contributed by atoms with Gasteiger partial charge in [0.1, 0.15) is 29.5 Å². The van der Waals surface area contributed by atoms with Crippen LogP contribution in [-0.2, 0) is 20.7 Å². The third-order valence-electron chi connectivity index (χ3n) is 14.2. The van der Waals surface area contributed by atoms with E-state index < -0.39 is 34.4 Å². The maximum absolute atomic E-state index is 15.9. The fourth-order valence-electron chi connectivity index (χ4n) is 11.3. The van der Waals surface area contributed by atoms with Crippen molar-refractivity contribution < 1.29 is 38.7 Å². The minimum absolute atomic E-state index is 0.00745. The number of ketones is 1. The van der Waals surface area contributed by atoms with Crippen molar-refractivity contribution in [2.45, 2.75) is 116 Å². The molecule has 6 atom stereocenters. The average Bonchev–Trinajstić information content (AvgIpc) is 3.69. The quantitative estimate of drug-likeness (QED) is 0.0565. The van der Waals surface area contributed by atoms with Crippen LogP contribution in [0.1, 0.15) is 104 Å². The summed E-state index contributed by atoms with van der Waals surface area (Å²) in [5, 5.41) is 28.9. The Balaban J connectivity index is 1.34. The number of Topliss-reactive ketones (excluding diaryl/α,β-unsaturated/α-hetero) is 1. The third-order valence-corrected chi connectivity index (χ3v) is 14.2. The number of benzene rings is 2.